The molecule has 1 amide bonds. The molecule has 1 rings (SSSR count). The fourth-order valence-corrected chi connectivity index (χ4v) is 2.22. The van der Waals surface area contributed by atoms with Gasteiger partial charge in [-0.25, -0.2) is 0 Å². The third-order valence-electron chi connectivity index (χ3n) is 3.33. The van der Waals surface area contributed by atoms with E-state index in [0.29, 0.717) is 0 Å². The molecule has 0 saturated carbocycles. The van der Waals surface area contributed by atoms with E-state index in [0.717, 1.165) is 26.2 Å². The van der Waals surface area contributed by atoms with Crippen LogP contribution in [0.3, 0.4) is 0 Å². The van der Waals surface area contributed by atoms with E-state index in [1.807, 2.05) is 13.8 Å². The van der Waals surface area contributed by atoms with E-state index in [9.17, 15) is 9.59 Å². The number of nitrogens with one attached hydrogen (secondary N) is 1. The molecule has 1 heterocycles. The standard InChI is InChI=1S/C13H21N3O3/c1-4-7-15(10-11(17)18)12(19)13(2,3)16-8-5-14-6-9-16/h1,14H,5-10H2,2-3H3,(H,17,18). The molecule has 0 spiro atoms. The second-order valence-corrected chi connectivity index (χ2v) is 5.06. The summed E-state index contributed by atoms with van der Waals surface area (Å²) in [4.78, 5) is 26.6. The molecule has 106 valence electrons. The minimum atomic E-state index is -1.06. The first-order valence-electron chi connectivity index (χ1n) is 6.30. The summed E-state index contributed by atoms with van der Waals surface area (Å²) in [6.07, 6.45) is 5.20. The lowest BCUT2D eigenvalue weighted by atomic mass is 9.99. The highest BCUT2D eigenvalue weighted by atomic mass is 16.4. The molecule has 6 heteroatoms. The van der Waals surface area contributed by atoms with Gasteiger partial charge < -0.3 is 15.3 Å². The number of carboxylic acid groups (broad SMARTS) is 1. The number of aliphatic carboxylic acids is 1. The lowest BCUT2D eigenvalue weighted by Crippen LogP contribution is -2.61. The summed E-state index contributed by atoms with van der Waals surface area (Å²) in [5.74, 6) is 1.04. The van der Waals surface area contributed by atoms with Crippen LogP contribution in [-0.2, 0) is 9.59 Å². The van der Waals surface area contributed by atoms with E-state index in [1.165, 1.54) is 4.90 Å². The summed E-state index contributed by atoms with van der Waals surface area (Å²) >= 11 is 0. The number of carbonyl (C=O) groups excluding carboxylic acids is 1. The van der Waals surface area contributed by atoms with Gasteiger partial charge in [-0.2, -0.15) is 0 Å². The highest BCUT2D eigenvalue weighted by molar-refractivity contribution is 5.88. The maximum Gasteiger partial charge on any atom is 0.323 e. The first-order valence-corrected chi connectivity index (χ1v) is 6.30. The van der Waals surface area contributed by atoms with Crippen molar-refractivity contribution in [2.45, 2.75) is 19.4 Å². The van der Waals surface area contributed by atoms with E-state index in [4.69, 9.17) is 11.5 Å². The van der Waals surface area contributed by atoms with Crippen molar-refractivity contribution in [3.63, 3.8) is 0 Å². The van der Waals surface area contributed by atoms with Gasteiger partial charge in [0.2, 0.25) is 5.91 Å². The maximum absolute atomic E-state index is 12.5. The van der Waals surface area contributed by atoms with Crippen molar-refractivity contribution in [1.82, 2.24) is 15.1 Å². The Labute approximate surface area is 113 Å². The van der Waals surface area contributed by atoms with E-state index in [2.05, 4.69) is 16.1 Å². The zero-order chi connectivity index (χ0) is 14.5. The van der Waals surface area contributed by atoms with E-state index < -0.39 is 11.5 Å². The quantitative estimate of drug-likeness (QED) is 0.639. The largest absolute Gasteiger partial charge is 0.480 e. The molecular formula is C13H21N3O3. The number of carbonyl (C=O) groups is 2. The Kier molecular flexibility index (Phi) is 5.33. The SMILES string of the molecule is C#CCN(CC(=O)O)C(=O)C(C)(C)N1CCNCC1. The van der Waals surface area contributed by atoms with Crippen molar-refractivity contribution in [2.75, 3.05) is 39.3 Å². The third-order valence-corrected chi connectivity index (χ3v) is 3.33. The average Bonchev–Trinajstić information content (AvgIpc) is 2.38. The van der Waals surface area contributed by atoms with Crippen molar-refractivity contribution in [2.24, 2.45) is 0 Å². The number of hydrogen-bond donors (Lipinski definition) is 2. The van der Waals surface area contributed by atoms with Gasteiger partial charge in [0.25, 0.3) is 0 Å². The topological polar surface area (TPSA) is 72.9 Å². The Bertz CT molecular complexity index is 381. The van der Waals surface area contributed by atoms with Crippen LogP contribution in [0.1, 0.15) is 13.8 Å². The van der Waals surface area contributed by atoms with Crippen LogP contribution < -0.4 is 5.32 Å². The van der Waals surface area contributed by atoms with Crippen molar-refractivity contribution in [3.05, 3.63) is 0 Å². The Morgan fingerprint density at radius 1 is 1.42 bits per heavy atom. The van der Waals surface area contributed by atoms with Crippen LogP contribution in [-0.4, -0.2) is 71.6 Å². The number of carboxylic acids is 1. The van der Waals surface area contributed by atoms with Crippen LogP contribution in [0, 0.1) is 12.3 Å². The summed E-state index contributed by atoms with van der Waals surface area (Å²) in [6, 6.07) is 0. The minimum Gasteiger partial charge on any atom is -0.480 e. The lowest BCUT2D eigenvalue weighted by molar-refractivity contribution is -0.149. The van der Waals surface area contributed by atoms with Gasteiger partial charge in [0.1, 0.15) is 6.54 Å². The predicted octanol–water partition coefficient (Wildman–Crippen LogP) is -0.783. The van der Waals surface area contributed by atoms with Gasteiger partial charge in [-0.05, 0) is 13.8 Å². The number of terminal acetylenes is 1. The van der Waals surface area contributed by atoms with E-state index >= 15 is 0 Å². The van der Waals surface area contributed by atoms with Gasteiger partial charge >= 0.3 is 5.97 Å². The highest BCUT2D eigenvalue weighted by Crippen LogP contribution is 2.18. The minimum absolute atomic E-state index is 0.0145. The number of rotatable bonds is 5. The Balaban J connectivity index is 2.80. The van der Waals surface area contributed by atoms with Gasteiger partial charge in [0, 0.05) is 26.2 Å². The maximum atomic E-state index is 12.5. The van der Waals surface area contributed by atoms with Crippen LogP contribution in [0.4, 0.5) is 0 Å². The van der Waals surface area contributed by atoms with E-state index in [1.54, 1.807) is 0 Å². The monoisotopic (exact) mass is 267 g/mol. The summed E-state index contributed by atoms with van der Waals surface area (Å²) in [6.45, 7) is 6.44. The zero-order valence-corrected chi connectivity index (χ0v) is 11.5. The van der Waals surface area contributed by atoms with Gasteiger partial charge in [0.15, 0.2) is 0 Å². The Morgan fingerprint density at radius 3 is 2.47 bits per heavy atom. The molecule has 0 aromatic carbocycles. The molecular weight excluding hydrogens is 246 g/mol. The van der Waals surface area contributed by atoms with Gasteiger partial charge in [-0.3, -0.25) is 14.5 Å². The molecule has 0 atom stereocenters. The van der Waals surface area contributed by atoms with Crippen LogP contribution in [0.15, 0.2) is 0 Å². The zero-order valence-electron chi connectivity index (χ0n) is 11.5. The van der Waals surface area contributed by atoms with Crippen molar-refractivity contribution < 1.29 is 14.7 Å². The number of nitrogens with zero attached hydrogens (tertiary/aromatic N) is 2. The summed E-state index contributed by atoms with van der Waals surface area (Å²) < 4.78 is 0. The summed E-state index contributed by atoms with van der Waals surface area (Å²) in [5, 5.41) is 12.1. The molecule has 1 saturated heterocycles. The molecule has 0 unspecified atom stereocenters. The fourth-order valence-electron chi connectivity index (χ4n) is 2.22. The van der Waals surface area contributed by atoms with Crippen LogP contribution in [0.2, 0.25) is 0 Å². The van der Waals surface area contributed by atoms with Gasteiger partial charge in [0.05, 0.1) is 12.1 Å². The molecule has 1 aliphatic rings. The Hall–Kier alpha value is -1.58. The van der Waals surface area contributed by atoms with Gasteiger partial charge in [-0.1, -0.05) is 5.92 Å². The third kappa shape index (κ3) is 3.94. The molecule has 0 aromatic rings. The molecule has 1 aliphatic heterocycles. The highest BCUT2D eigenvalue weighted by Gasteiger charge is 2.38. The molecule has 19 heavy (non-hydrogen) atoms. The molecule has 0 bridgehead atoms. The first-order chi connectivity index (χ1) is 8.89. The normalized spacial score (nSPS) is 16.7. The van der Waals surface area contributed by atoms with Gasteiger partial charge in [-0.15, -0.1) is 6.42 Å². The summed E-state index contributed by atoms with van der Waals surface area (Å²) in [7, 11) is 0. The first kappa shape index (κ1) is 15.5. The fraction of sp³-hybridized carbons (Fsp3) is 0.692. The van der Waals surface area contributed by atoms with Crippen LogP contribution in [0.25, 0.3) is 0 Å². The number of amides is 1. The molecule has 6 nitrogen and oxygen atoms in total. The van der Waals surface area contributed by atoms with Crippen LogP contribution >= 0.6 is 0 Å². The second kappa shape index (κ2) is 6.55. The van der Waals surface area contributed by atoms with Crippen molar-refractivity contribution in [3.8, 4) is 12.3 Å². The van der Waals surface area contributed by atoms with Crippen molar-refractivity contribution in [1.29, 1.82) is 0 Å². The number of hydrogen-bond acceptors (Lipinski definition) is 4. The van der Waals surface area contributed by atoms with Crippen LogP contribution in [0.5, 0.6) is 0 Å². The smallest absolute Gasteiger partial charge is 0.323 e. The molecule has 0 aromatic heterocycles. The van der Waals surface area contributed by atoms with E-state index in [-0.39, 0.29) is 19.0 Å². The lowest BCUT2D eigenvalue weighted by Gasteiger charge is -2.41. The predicted molar refractivity (Wildman–Crippen MR) is 71.6 cm³/mol. The average molecular weight is 267 g/mol. The molecule has 0 aliphatic carbocycles. The molecule has 0 radical (unpaired) electrons. The summed E-state index contributed by atoms with van der Waals surface area (Å²) in [5.41, 5.74) is -0.742. The Morgan fingerprint density at radius 2 is 2.00 bits per heavy atom. The molecule has 2 N–H and O–H groups in total. The number of piperazine rings is 1. The second-order valence-electron chi connectivity index (χ2n) is 5.06. The molecule has 1 fully saturated rings. The van der Waals surface area contributed by atoms with Crippen molar-refractivity contribution >= 4 is 11.9 Å².